The van der Waals surface area contributed by atoms with Crippen molar-refractivity contribution in [3.63, 3.8) is 0 Å². The Morgan fingerprint density at radius 3 is 2.74 bits per heavy atom. The Morgan fingerprint density at radius 1 is 1.32 bits per heavy atom. The average molecular weight is 259 g/mol. The molecule has 0 fully saturated rings. The minimum atomic E-state index is -0.0829. The van der Waals surface area contributed by atoms with Gasteiger partial charge in [0, 0.05) is 18.3 Å². The Balaban J connectivity index is 2.40. The number of rotatable bonds is 5. The first-order chi connectivity index (χ1) is 9.19. The Morgan fingerprint density at radius 2 is 2.11 bits per heavy atom. The van der Waals surface area contributed by atoms with Crippen LogP contribution in [-0.2, 0) is 13.0 Å². The highest BCUT2D eigenvalue weighted by Gasteiger charge is 2.16. The molecule has 0 amide bonds. The number of aryl methyl sites for hydroxylation is 2. The van der Waals surface area contributed by atoms with E-state index in [1.807, 2.05) is 19.9 Å². The summed E-state index contributed by atoms with van der Waals surface area (Å²) in [5.41, 5.74) is 2.02. The molecule has 5 nitrogen and oxygen atoms in total. The fraction of sp³-hybridized carbons (Fsp3) is 0.357. The van der Waals surface area contributed by atoms with E-state index in [1.54, 1.807) is 30.3 Å². The maximum absolute atomic E-state index is 12.5. The van der Waals surface area contributed by atoms with E-state index in [2.05, 4.69) is 10.1 Å². The standard InChI is InChI=1S/C14H17N3O2/c1-4-11-7-13(17(5-2)16-11)14(18)10-6-12(19-3)9-15-8-10/h6-9H,4-5H2,1-3H3. The van der Waals surface area contributed by atoms with Crippen molar-refractivity contribution in [2.75, 3.05) is 7.11 Å². The highest BCUT2D eigenvalue weighted by Crippen LogP contribution is 2.16. The van der Waals surface area contributed by atoms with Gasteiger partial charge in [-0.2, -0.15) is 5.10 Å². The normalized spacial score (nSPS) is 10.5. The molecule has 0 unspecified atom stereocenters. The third kappa shape index (κ3) is 2.65. The number of pyridine rings is 1. The molecule has 2 aromatic rings. The summed E-state index contributed by atoms with van der Waals surface area (Å²) in [5, 5.41) is 4.38. The maximum Gasteiger partial charge on any atom is 0.212 e. The van der Waals surface area contributed by atoms with Gasteiger partial charge in [-0.25, -0.2) is 0 Å². The van der Waals surface area contributed by atoms with Crippen LogP contribution in [0.4, 0.5) is 0 Å². The maximum atomic E-state index is 12.5. The van der Waals surface area contributed by atoms with Crippen LogP contribution < -0.4 is 4.74 Å². The lowest BCUT2D eigenvalue weighted by Crippen LogP contribution is -2.10. The first-order valence-electron chi connectivity index (χ1n) is 6.30. The number of ketones is 1. The van der Waals surface area contributed by atoms with E-state index in [9.17, 15) is 4.79 Å². The van der Waals surface area contributed by atoms with Crippen LogP contribution in [0.3, 0.4) is 0 Å². The summed E-state index contributed by atoms with van der Waals surface area (Å²) in [4.78, 5) is 16.5. The predicted octanol–water partition coefficient (Wildman–Crippen LogP) is 2.10. The lowest BCUT2D eigenvalue weighted by Gasteiger charge is -2.05. The predicted molar refractivity (Wildman–Crippen MR) is 71.5 cm³/mol. The first kappa shape index (κ1) is 13.3. The molecule has 2 aromatic heterocycles. The topological polar surface area (TPSA) is 57.0 Å². The van der Waals surface area contributed by atoms with Crippen LogP contribution >= 0.6 is 0 Å². The highest BCUT2D eigenvalue weighted by molar-refractivity contribution is 6.07. The zero-order chi connectivity index (χ0) is 13.8. The van der Waals surface area contributed by atoms with Crippen molar-refractivity contribution in [3.05, 3.63) is 41.5 Å². The molecule has 0 saturated heterocycles. The fourth-order valence-corrected chi connectivity index (χ4v) is 1.87. The Labute approximate surface area is 112 Å². The largest absolute Gasteiger partial charge is 0.495 e. The Bertz CT molecular complexity index is 590. The highest BCUT2D eigenvalue weighted by atomic mass is 16.5. The molecule has 0 bridgehead atoms. The second kappa shape index (κ2) is 5.65. The van der Waals surface area contributed by atoms with E-state index < -0.39 is 0 Å². The van der Waals surface area contributed by atoms with Gasteiger partial charge >= 0.3 is 0 Å². The van der Waals surface area contributed by atoms with Gasteiger partial charge in [-0.1, -0.05) is 6.92 Å². The van der Waals surface area contributed by atoms with Crippen molar-refractivity contribution < 1.29 is 9.53 Å². The van der Waals surface area contributed by atoms with Crippen LogP contribution in [0.5, 0.6) is 5.75 Å². The number of aromatic nitrogens is 3. The molecule has 0 radical (unpaired) electrons. The van der Waals surface area contributed by atoms with Crippen LogP contribution in [-0.4, -0.2) is 27.7 Å². The molecule has 2 rings (SSSR count). The molecule has 0 spiro atoms. The number of carbonyl (C=O) groups is 1. The van der Waals surface area contributed by atoms with E-state index in [4.69, 9.17) is 4.74 Å². The lowest BCUT2D eigenvalue weighted by molar-refractivity contribution is 0.102. The van der Waals surface area contributed by atoms with E-state index in [0.717, 1.165) is 12.1 Å². The molecular weight excluding hydrogens is 242 g/mol. The quantitative estimate of drug-likeness (QED) is 0.772. The Hall–Kier alpha value is -2.17. The summed E-state index contributed by atoms with van der Waals surface area (Å²) in [7, 11) is 1.55. The van der Waals surface area contributed by atoms with Gasteiger partial charge in [0.15, 0.2) is 0 Å². The molecule has 0 aromatic carbocycles. The molecule has 5 heteroatoms. The van der Waals surface area contributed by atoms with Gasteiger partial charge in [0.05, 0.1) is 19.0 Å². The van der Waals surface area contributed by atoms with E-state index >= 15 is 0 Å². The second-order valence-electron chi connectivity index (χ2n) is 4.13. The van der Waals surface area contributed by atoms with Crippen molar-refractivity contribution in [1.29, 1.82) is 0 Å². The second-order valence-corrected chi connectivity index (χ2v) is 4.13. The first-order valence-corrected chi connectivity index (χ1v) is 6.30. The van der Waals surface area contributed by atoms with Crippen LogP contribution in [0.15, 0.2) is 24.5 Å². The van der Waals surface area contributed by atoms with Crippen LogP contribution in [0.25, 0.3) is 0 Å². The third-order valence-electron chi connectivity index (χ3n) is 2.94. The zero-order valence-corrected chi connectivity index (χ0v) is 11.4. The monoisotopic (exact) mass is 259 g/mol. The molecule has 0 atom stereocenters. The third-order valence-corrected chi connectivity index (χ3v) is 2.94. The summed E-state index contributed by atoms with van der Waals surface area (Å²) >= 11 is 0. The number of nitrogens with zero attached hydrogens (tertiary/aromatic N) is 3. The number of hydrogen-bond donors (Lipinski definition) is 0. The molecule has 0 aliphatic heterocycles. The van der Waals surface area contributed by atoms with Gasteiger partial charge < -0.3 is 4.74 Å². The summed E-state index contributed by atoms with van der Waals surface area (Å²) in [6.07, 6.45) is 3.93. The number of carbonyl (C=O) groups excluding carboxylic acids is 1. The minimum absolute atomic E-state index is 0.0829. The van der Waals surface area contributed by atoms with Gasteiger partial charge in [-0.05, 0) is 25.5 Å². The van der Waals surface area contributed by atoms with Crippen LogP contribution in [0.1, 0.15) is 35.6 Å². The van der Waals surface area contributed by atoms with Gasteiger partial charge in [-0.15, -0.1) is 0 Å². The number of ether oxygens (including phenoxy) is 1. The molecule has 2 heterocycles. The molecule has 0 aliphatic rings. The van der Waals surface area contributed by atoms with Crippen molar-refractivity contribution in [3.8, 4) is 5.75 Å². The average Bonchev–Trinajstić information content (AvgIpc) is 2.89. The van der Waals surface area contributed by atoms with Crippen molar-refractivity contribution >= 4 is 5.78 Å². The number of methoxy groups -OCH3 is 1. The van der Waals surface area contributed by atoms with Crippen LogP contribution in [0, 0.1) is 0 Å². The molecule has 0 aliphatic carbocycles. The zero-order valence-electron chi connectivity index (χ0n) is 11.4. The molecule has 0 saturated carbocycles. The molecule has 100 valence electrons. The number of hydrogen-bond acceptors (Lipinski definition) is 4. The summed E-state index contributed by atoms with van der Waals surface area (Å²) in [5.74, 6) is 0.490. The van der Waals surface area contributed by atoms with Crippen molar-refractivity contribution in [2.45, 2.75) is 26.8 Å². The van der Waals surface area contributed by atoms with Gasteiger partial charge in [-0.3, -0.25) is 14.5 Å². The van der Waals surface area contributed by atoms with E-state index in [0.29, 0.717) is 23.6 Å². The fourth-order valence-electron chi connectivity index (χ4n) is 1.87. The van der Waals surface area contributed by atoms with Gasteiger partial charge in [0.2, 0.25) is 5.78 Å². The van der Waals surface area contributed by atoms with Crippen molar-refractivity contribution in [2.24, 2.45) is 0 Å². The minimum Gasteiger partial charge on any atom is -0.495 e. The summed E-state index contributed by atoms with van der Waals surface area (Å²) in [6.45, 7) is 4.65. The molecule has 0 N–H and O–H groups in total. The van der Waals surface area contributed by atoms with Crippen molar-refractivity contribution in [1.82, 2.24) is 14.8 Å². The molecule has 19 heavy (non-hydrogen) atoms. The lowest BCUT2D eigenvalue weighted by atomic mass is 10.1. The van der Waals surface area contributed by atoms with E-state index in [-0.39, 0.29) is 5.78 Å². The SMILES string of the molecule is CCc1cc(C(=O)c2cncc(OC)c2)n(CC)n1. The van der Waals surface area contributed by atoms with Gasteiger partial charge in [0.25, 0.3) is 0 Å². The molecular formula is C14H17N3O2. The summed E-state index contributed by atoms with van der Waals surface area (Å²) in [6, 6.07) is 3.53. The van der Waals surface area contributed by atoms with E-state index in [1.165, 1.54) is 0 Å². The smallest absolute Gasteiger partial charge is 0.212 e. The summed E-state index contributed by atoms with van der Waals surface area (Å²) < 4.78 is 6.81. The van der Waals surface area contributed by atoms with Crippen LogP contribution in [0.2, 0.25) is 0 Å². The van der Waals surface area contributed by atoms with Gasteiger partial charge in [0.1, 0.15) is 11.4 Å². The Kier molecular flexibility index (Phi) is 3.94.